The highest BCUT2D eigenvalue weighted by Crippen LogP contribution is 2.34. The maximum Gasteiger partial charge on any atom is 0.129 e. The van der Waals surface area contributed by atoms with Crippen LogP contribution in [-0.4, -0.2) is 31.1 Å². The molecule has 0 saturated carbocycles. The fourth-order valence-electron chi connectivity index (χ4n) is 2.64. The number of nitrogens with one attached hydrogen (secondary N) is 1. The number of benzene rings is 1. The van der Waals surface area contributed by atoms with Crippen LogP contribution >= 0.6 is 22.9 Å². The van der Waals surface area contributed by atoms with Crippen LogP contribution in [0.15, 0.2) is 35.7 Å². The van der Waals surface area contributed by atoms with Gasteiger partial charge in [0.25, 0.3) is 0 Å². The van der Waals surface area contributed by atoms with Gasteiger partial charge in [-0.25, -0.2) is 4.39 Å². The molecule has 106 valence electrons. The zero-order valence-electron chi connectivity index (χ0n) is 11.0. The summed E-state index contributed by atoms with van der Waals surface area (Å²) in [6, 6.07) is 9.05. The standard InChI is InChI=1S/C15H16ClFN2S/c16-11-3-4-12(13(17)10-11)15(14-2-1-9-20-14)19-7-5-18-6-8-19/h1-4,9-10,15,18H,5-8H2/t15-/m1/s1. The molecule has 0 unspecified atom stereocenters. The van der Waals surface area contributed by atoms with Crippen molar-refractivity contribution in [1.29, 1.82) is 0 Å². The van der Waals surface area contributed by atoms with Crippen molar-refractivity contribution in [1.82, 2.24) is 10.2 Å². The summed E-state index contributed by atoms with van der Waals surface area (Å²) in [7, 11) is 0. The summed E-state index contributed by atoms with van der Waals surface area (Å²) in [5.41, 5.74) is 0.707. The van der Waals surface area contributed by atoms with Crippen LogP contribution in [0.2, 0.25) is 5.02 Å². The molecule has 0 spiro atoms. The molecule has 2 heterocycles. The fourth-order valence-corrected chi connectivity index (χ4v) is 3.68. The Kier molecular flexibility index (Phi) is 4.36. The smallest absolute Gasteiger partial charge is 0.129 e. The number of piperazine rings is 1. The third-order valence-electron chi connectivity index (χ3n) is 3.59. The molecule has 5 heteroatoms. The first-order valence-corrected chi connectivity index (χ1v) is 7.94. The van der Waals surface area contributed by atoms with Crippen LogP contribution in [-0.2, 0) is 0 Å². The lowest BCUT2D eigenvalue weighted by atomic mass is 10.0. The van der Waals surface area contributed by atoms with E-state index >= 15 is 0 Å². The summed E-state index contributed by atoms with van der Waals surface area (Å²) >= 11 is 7.54. The zero-order valence-corrected chi connectivity index (χ0v) is 12.6. The minimum absolute atomic E-state index is 0.0191. The lowest BCUT2D eigenvalue weighted by Gasteiger charge is -2.34. The molecule has 0 bridgehead atoms. The summed E-state index contributed by atoms with van der Waals surface area (Å²) in [5.74, 6) is -0.227. The number of hydrogen-bond donors (Lipinski definition) is 1. The fraction of sp³-hybridized carbons (Fsp3) is 0.333. The first kappa shape index (κ1) is 14.0. The van der Waals surface area contributed by atoms with E-state index in [1.54, 1.807) is 17.4 Å². The minimum Gasteiger partial charge on any atom is -0.314 e. The van der Waals surface area contributed by atoms with E-state index in [0.717, 1.165) is 26.2 Å². The lowest BCUT2D eigenvalue weighted by Crippen LogP contribution is -2.45. The van der Waals surface area contributed by atoms with E-state index in [4.69, 9.17) is 11.6 Å². The molecule has 2 aromatic rings. The van der Waals surface area contributed by atoms with Crippen LogP contribution in [0.4, 0.5) is 4.39 Å². The summed E-state index contributed by atoms with van der Waals surface area (Å²) < 4.78 is 14.3. The Morgan fingerprint density at radius 1 is 1.25 bits per heavy atom. The third kappa shape index (κ3) is 2.88. The van der Waals surface area contributed by atoms with Crippen molar-refractivity contribution in [3.8, 4) is 0 Å². The molecular formula is C15H16ClFN2S. The molecule has 1 aromatic heterocycles. The van der Waals surface area contributed by atoms with E-state index in [2.05, 4.69) is 16.3 Å². The van der Waals surface area contributed by atoms with Gasteiger partial charge in [-0.15, -0.1) is 11.3 Å². The Bertz CT molecular complexity index is 567. The van der Waals surface area contributed by atoms with Gasteiger partial charge in [-0.2, -0.15) is 0 Å². The molecule has 1 fully saturated rings. The van der Waals surface area contributed by atoms with Crippen LogP contribution in [0.25, 0.3) is 0 Å². The number of nitrogens with zero attached hydrogens (tertiary/aromatic N) is 1. The van der Waals surface area contributed by atoms with Crippen molar-refractivity contribution in [3.05, 3.63) is 57.0 Å². The van der Waals surface area contributed by atoms with Crippen molar-refractivity contribution >= 4 is 22.9 Å². The Hall–Kier alpha value is -0.940. The van der Waals surface area contributed by atoms with Crippen LogP contribution in [0.5, 0.6) is 0 Å². The first-order valence-electron chi connectivity index (χ1n) is 6.69. The monoisotopic (exact) mass is 310 g/mol. The second-order valence-electron chi connectivity index (χ2n) is 4.87. The summed E-state index contributed by atoms with van der Waals surface area (Å²) in [5, 5.41) is 5.82. The van der Waals surface area contributed by atoms with Gasteiger partial charge in [0.05, 0.1) is 6.04 Å². The quantitative estimate of drug-likeness (QED) is 0.933. The van der Waals surface area contributed by atoms with E-state index in [1.807, 2.05) is 17.5 Å². The Morgan fingerprint density at radius 2 is 2.05 bits per heavy atom. The van der Waals surface area contributed by atoms with E-state index < -0.39 is 0 Å². The van der Waals surface area contributed by atoms with Crippen LogP contribution < -0.4 is 5.32 Å². The Balaban J connectivity index is 2.00. The third-order valence-corrected chi connectivity index (χ3v) is 4.75. The molecule has 1 saturated heterocycles. The number of halogens is 2. The van der Waals surface area contributed by atoms with E-state index in [-0.39, 0.29) is 11.9 Å². The Labute approximate surface area is 127 Å². The molecule has 3 rings (SSSR count). The average molecular weight is 311 g/mol. The molecule has 2 nitrogen and oxygen atoms in total. The van der Waals surface area contributed by atoms with Gasteiger partial charge in [0.1, 0.15) is 5.82 Å². The normalized spacial score (nSPS) is 18.1. The average Bonchev–Trinajstić information content (AvgIpc) is 2.97. The van der Waals surface area contributed by atoms with Gasteiger partial charge in [-0.3, -0.25) is 4.90 Å². The van der Waals surface area contributed by atoms with Gasteiger partial charge < -0.3 is 5.32 Å². The van der Waals surface area contributed by atoms with Crippen LogP contribution in [0.3, 0.4) is 0 Å². The molecular weight excluding hydrogens is 295 g/mol. The minimum atomic E-state index is -0.227. The molecule has 20 heavy (non-hydrogen) atoms. The molecule has 1 aliphatic rings. The summed E-state index contributed by atoms with van der Waals surface area (Å²) in [6.45, 7) is 3.73. The molecule has 0 radical (unpaired) electrons. The number of hydrogen-bond acceptors (Lipinski definition) is 3. The lowest BCUT2D eigenvalue weighted by molar-refractivity contribution is 0.197. The zero-order chi connectivity index (χ0) is 13.9. The SMILES string of the molecule is Fc1cc(Cl)ccc1[C@H](c1cccs1)N1CCNCC1. The molecule has 1 aliphatic heterocycles. The van der Waals surface area contributed by atoms with Gasteiger partial charge >= 0.3 is 0 Å². The van der Waals surface area contributed by atoms with Crippen LogP contribution in [0.1, 0.15) is 16.5 Å². The van der Waals surface area contributed by atoms with Gasteiger partial charge in [-0.05, 0) is 23.6 Å². The van der Waals surface area contributed by atoms with Crippen molar-refractivity contribution in [2.45, 2.75) is 6.04 Å². The van der Waals surface area contributed by atoms with Gasteiger partial charge in [-0.1, -0.05) is 23.7 Å². The van der Waals surface area contributed by atoms with Crippen molar-refractivity contribution in [2.24, 2.45) is 0 Å². The second kappa shape index (κ2) is 6.22. The number of thiophene rings is 1. The predicted molar refractivity (Wildman–Crippen MR) is 82.0 cm³/mol. The van der Waals surface area contributed by atoms with E-state index in [9.17, 15) is 4.39 Å². The molecule has 1 atom stereocenters. The van der Waals surface area contributed by atoms with Gasteiger partial charge in [0.2, 0.25) is 0 Å². The topological polar surface area (TPSA) is 15.3 Å². The largest absolute Gasteiger partial charge is 0.314 e. The molecule has 1 N–H and O–H groups in total. The highest BCUT2D eigenvalue weighted by Gasteiger charge is 2.26. The highest BCUT2D eigenvalue weighted by molar-refractivity contribution is 7.10. The maximum absolute atomic E-state index is 14.3. The second-order valence-corrected chi connectivity index (χ2v) is 6.29. The van der Waals surface area contributed by atoms with Crippen molar-refractivity contribution < 1.29 is 4.39 Å². The predicted octanol–water partition coefficient (Wildman–Crippen LogP) is 3.54. The van der Waals surface area contributed by atoms with Crippen LogP contribution in [0, 0.1) is 5.82 Å². The molecule has 0 amide bonds. The van der Waals surface area contributed by atoms with Crippen molar-refractivity contribution in [3.63, 3.8) is 0 Å². The molecule has 0 aliphatic carbocycles. The molecule has 1 aromatic carbocycles. The maximum atomic E-state index is 14.3. The van der Waals surface area contributed by atoms with E-state index in [0.29, 0.717) is 10.6 Å². The van der Waals surface area contributed by atoms with E-state index in [1.165, 1.54) is 10.9 Å². The highest BCUT2D eigenvalue weighted by atomic mass is 35.5. The summed E-state index contributed by atoms with van der Waals surface area (Å²) in [4.78, 5) is 3.50. The Morgan fingerprint density at radius 3 is 2.70 bits per heavy atom. The number of rotatable bonds is 3. The van der Waals surface area contributed by atoms with Gasteiger partial charge in [0, 0.05) is 41.6 Å². The summed E-state index contributed by atoms with van der Waals surface area (Å²) in [6.07, 6.45) is 0. The van der Waals surface area contributed by atoms with Gasteiger partial charge in [0.15, 0.2) is 0 Å². The first-order chi connectivity index (χ1) is 9.75. The van der Waals surface area contributed by atoms with Crippen molar-refractivity contribution in [2.75, 3.05) is 26.2 Å².